The van der Waals surface area contributed by atoms with Crippen molar-refractivity contribution >= 4 is 0 Å². The van der Waals surface area contributed by atoms with E-state index in [0.717, 1.165) is 22.6 Å². The molecule has 0 aliphatic carbocycles. The fourth-order valence-corrected chi connectivity index (χ4v) is 1.40. The van der Waals surface area contributed by atoms with Crippen molar-refractivity contribution in [1.82, 2.24) is 4.98 Å². The summed E-state index contributed by atoms with van der Waals surface area (Å²) in [5.41, 5.74) is 2.69. The fourth-order valence-electron chi connectivity index (χ4n) is 1.40. The Morgan fingerprint density at radius 1 is 1.43 bits per heavy atom. The number of hydrogen-bond donors (Lipinski definition) is 1. The predicted molar refractivity (Wildman–Crippen MR) is 52.6 cm³/mol. The SMILES string of the molecule is Cc1ocnc1-c1cccc(CO)c1. The van der Waals surface area contributed by atoms with E-state index in [9.17, 15) is 0 Å². The molecule has 0 atom stereocenters. The lowest BCUT2D eigenvalue weighted by Gasteiger charge is -2.00. The third kappa shape index (κ3) is 1.54. The molecule has 0 amide bonds. The highest BCUT2D eigenvalue weighted by Crippen LogP contribution is 2.22. The molecule has 0 aliphatic heterocycles. The Balaban J connectivity index is 2.47. The summed E-state index contributed by atoms with van der Waals surface area (Å²) in [5, 5.41) is 8.99. The molecule has 0 aliphatic rings. The van der Waals surface area contributed by atoms with Crippen molar-refractivity contribution in [3.63, 3.8) is 0 Å². The van der Waals surface area contributed by atoms with Gasteiger partial charge >= 0.3 is 0 Å². The monoisotopic (exact) mass is 189 g/mol. The first-order valence-electron chi connectivity index (χ1n) is 4.41. The maximum atomic E-state index is 8.99. The van der Waals surface area contributed by atoms with Crippen LogP contribution in [-0.2, 0) is 6.61 Å². The van der Waals surface area contributed by atoms with Gasteiger partial charge in [0.2, 0.25) is 0 Å². The third-order valence-corrected chi connectivity index (χ3v) is 2.13. The summed E-state index contributed by atoms with van der Waals surface area (Å²) in [6.07, 6.45) is 1.43. The van der Waals surface area contributed by atoms with Gasteiger partial charge in [-0.2, -0.15) is 0 Å². The van der Waals surface area contributed by atoms with Gasteiger partial charge in [0.25, 0.3) is 0 Å². The average molecular weight is 189 g/mol. The van der Waals surface area contributed by atoms with Gasteiger partial charge in [0.15, 0.2) is 6.39 Å². The van der Waals surface area contributed by atoms with E-state index in [1.807, 2.05) is 31.2 Å². The zero-order chi connectivity index (χ0) is 9.97. The number of aromatic nitrogens is 1. The summed E-state index contributed by atoms with van der Waals surface area (Å²) in [6.45, 7) is 1.92. The minimum Gasteiger partial charge on any atom is -0.448 e. The van der Waals surface area contributed by atoms with E-state index >= 15 is 0 Å². The maximum Gasteiger partial charge on any atom is 0.181 e. The van der Waals surface area contributed by atoms with Gasteiger partial charge in [0, 0.05) is 5.56 Å². The molecule has 14 heavy (non-hydrogen) atoms. The van der Waals surface area contributed by atoms with E-state index in [2.05, 4.69) is 4.98 Å². The molecule has 2 rings (SSSR count). The van der Waals surface area contributed by atoms with Crippen molar-refractivity contribution in [2.75, 3.05) is 0 Å². The lowest BCUT2D eigenvalue weighted by molar-refractivity contribution is 0.282. The minimum absolute atomic E-state index is 0.0464. The Bertz CT molecular complexity index is 434. The molecule has 0 unspecified atom stereocenters. The smallest absolute Gasteiger partial charge is 0.181 e. The van der Waals surface area contributed by atoms with Crippen molar-refractivity contribution in [3.8, 4) is 11.3 Å². The molecule has 0 saturated carbocycles. The van der Waals surface area contributed by atoms with Gasteiger partial charge in [-0.25, -0.2) is 4.98 Å². The molecule has 3 heteroatoms. The second kappa shape index (κ2) is 3.64. The minimum atomic E-state index is 0.0464. The number of benzene rings is 1. The first-order valence-corrected chi connectivity index (χ1v) is 4.41. The highest BCUT2D eigenvalue weighted by Gasteiger charge is 2.06. The molecule has 0 bridgehead atoms. The summed E-state index contributed by atoms with van der Waals surface area (Å²) < 4.78 is 5.12. The lowest BCUT2D eigenvalue weighted by Crippen LogP contribution is -1.85. The molecular formula is C11H11NO2. The number of aliphatic hydroxyl groups is 1. The molecule has 72 valence electrons. The van der Waals surface area contributed by atoms with Gasteiger partial charge in [0.05, 0.1) is 6.61 Å². The van der Waals surface area contributed by atoms with E-state index in [0.29, 0.717) is 0 Å². The van der Waals surface area contributed by atoms with Crippen LogP contribution in [-0.4, -0.2) is 10.1 Å². The van der Waals surface area contributed by atoms with Gasteiger partial charge in [-0.05, 0) is 18.6 Å². The van der Waals surface area contributed by atoms with Gasteiger partial charge in [0.1, 0.15) is 11.5 Å². The molecule has 1 aromatic heterocycles. The summed E-state index contributed by atoms with van der Waals surface area (Å²) in [5.74, 6) is 0.792. The van der Waals surface area contributed by atoms with Crippen LogP contribution in [0.1, 0.15) is 11.3 Å². The van der Waals surface area contributed by atoms with E-state index in [-0.39, 0.29) is 6.61 Å². The van der Waals surface area contributed by atoms with Crippen molar-refractivity contribution < 1.29 is 9.52 Å². The Labute approximate surface area is 82.0 Å². The van der Waals surface area contributed by atoms with E-state index < -0.39 is 0 Å². The highest BCUT2D eigenvalue weighted by atomic mass is 16.3. The Morgan fingerprint density at radius 3 is 2.93 bits per heavy atom. The zero-order valence-electron chi connectivity index (χ0n) is 7.90. The second-order valence-corrected chi connectivity index (χ2v) is 3.12. The summed E-state index contributed by atoms with van der Waals surface area (Å²) in [6, 6.07) is 7.63. The molecule has 0 fully saturated rings. The average Bonchev–Trinajstić information content (AvgIpc) is 2.65. The second-order valence-electron chi connectivity index (χ2n) is 3.12. The summed E-state index contributed by atoms with van der Waals surface area (Å²) in [4.78, 5) is 4.11. The summed E-state index contributed by atoms with van der Waals surface area (Å²) in [7, 11) is 0. The first-order chi connectivity index (χ1) is 6.81. The van der Waals surface area contributed by atoms with Gasteiger partial charge in [-0.1, -0.05) is 18.2 Å². The first kappa shape index (κ1) is 8.97. The number of oxazole rings is 1. The molecule has 0 radical (unpaired) electrons. The largest absolute Gasteiger partial charge is 0.448 e. The van der Waals surface area contributed by atoms with Crippen LogP contribution >= 0.6 is 0 Å². The fraction of sp³-hybridized carbons (Fsp3) is 0.182. The van der Waals surface area contributed by atoms with Crippen molar-refractivity contribution in [2.45, 2.75) is 13.5 Å². The maximum absolute atomic E-state index is 8.99. The summed E-state index contributed by atoms with van der Waals surface area (Å²) >= 11 is 0. The number of nitrogens with zero attached hydrogens (tertiary/aromatic N) is 1. The zero-order valence-corrected chi connectivity index (χ0v) is 7.90. The molecule has 2 aromatic rings. The number of aliphatic hydroxyl groups excluding tert-OH is 1. The van der Waals surface area contributed by atoms with E-state index in [1.165, 1.54) is 6.39 Å². The molecule has 0 spiro atoms. The van der Waals surface area contributed by atoms with Gasteiger partial charge < -0.3 is 9.52 Å². The van der Waals surface area contributed by atoms with Crippen LogP contribution in [0.2, 0.25) is 0 Å². The molecular weight excluding hydrogens is 178 g/mol. The van der Waals surface area contributed by atoms with Crippen LogP contribution in [0.4, 0.5) is 0 Å². The van der Waals surface area contributed by atoms with Crippen LogP contribution in [0.25, 0.3) is 11.3 Å². The van der Waals surface area contributed by atoms with Gasteiger partial charge in [-0.15, -0.1) is 0 Å². The number of rotatable bonds is 2. The van der Waals surface area contributed by atoms with Crippen LogP contribution in [0.5, 0.6) is 0 Å². The van der Waals surface area contributed by atoms with Crippen LogP contribution in [0, 0.1) is 6.92 Å². The lowest BCUT2D eigenvalue weighted by atomic mass is 10.1. The van der Waals surface area contributed by atoms with Crippen molar-refractivity contribution in [2.24, 2.45) is 0 Å². The molecule has 1 aromatic carbocycles. The van der Waals surface area contributed by atoms with E-state index in [4.69, 9.17) is 9.52 Å². The molecule has 1 N–H and O–H groups in total. The number of hydrogen-bond acceptors (Lipinski definition) is 3. The normalized spacial score (nSPS) is 10.4. The standard InChI is InChI=1S/C11H11NO2/c1-8-11(12-7-14-8)10-4-2-3-9(5-10)6-13/h2-5,7,13H,6H2,1H3. The molecule has 1 heterocycles. The quantitative estimate of drug-likeness (QED) is 0.787. The highest BCUT2D eigenvalue weighted by molar-refractivity contribution is 5.61. The van der Waals surface area contributed by atoms with E-state index in [1.54, 1.807) is 0 Å². The topological polar surface area (TPSA) is 46.3 Å². The van der Waals surface area contributed by atoms with Crippen molar-refractivity contribution in [3.05, 3.63) is 42.0 Å². The Kier molecular flexibility index (Phi) is 2.33. The van der Waals surface area contributed by atoms with Crippen LogP contribution in [0.15, 0.2) is 35.1 Å². The Hall–Kier alpha value is -1.61. The molecule has 0 saturated heterocycles. The van der Waals surface area contributed by atoms with Gasteiger partial charge in [-0.3, -0.25) is 0 Å². The number of aryl methyl sites for hydroxylation is 1. The third-order valence-electron chi connectivity index (χ3n) is 2.13. The van der Waals surface area contributed by atoms with Crippen LogP contribution in [0.3, 0.4) is 0 Å². The predicted octanol–water partition coefficient (Wildman–Crippen LogP) is 2.14. The van der Waals surface area contributed by atoms with Crippen LogP contribution < -0.4 is 0 Å². The Morgan fingerprint density at radius 2 is 2.29 bits per heavy atom. The molecule has 3 nitrogen and oxygen atoms in total. The van der Waals surface area contributed by atoms with Crippen molar-refractivity contribution in [1.29, 1.82) is 0 Å².